The van der Waals surface area contributed by atoms with Crippen LogP contribution in [0, 0.1) is 13.8 Å². The predicted octanol–water partition coefficient (Wildman–Crippen LogP) is 2.96. The Labute approximate surface area is 121 Å². The molecule has 0 aliphatic heterocycles. The molecule has 0 amide bonds. The van der Waals surface area contributed by atoms with E-state index >= 15 is 0 Å². The molecule has 1 aromatic carbocycles. The van der Waals surface area contributed by atoms with Gasteiger partial charge in [-0.05, 0) is 31.5 Å². The zero-order valence-electron chi connectivity index (χ0n) is 11.6. The van der Waals surface area contributed by atoms with Crippen molar-refractivity contribution in [1.82, 2.24) is 9.55 Å². The molecule has 0 bridgehead atoms. The lowest BCUT2D eigenvalue weighted by atomic mass is 10.1. The summed E-state index contributed by atoms with van der Waals surface area (Å²) in [6.07, 6.45) is 0. The van der Waals surface area contributed by atoms with Crippen molar-refractivity contribution in [3.8, 4) is 11.4 Å². The number of rotatable bonds is 3. The molecular formula is C15H17N3OS. The molecular weight excluding hydrogens is 270 g/mol. The van der Waals surface area contributed by atoms with Gasteiger partial charge in [0.2, 0.25) is 0 Å². The Morgan fingerprint density at radius 1 is 1.30 bits per heavy atom. The Morgan fingerprint density at radius 2 is 2.05 bits per heavy atom. The van der Waals surface area contributed by atoms with Gasteiger partial charge < -0.3 is 15.4 Å². The molecule has 2 aromatic heterocycles. The summed E-state index contributed by atoms with van der Waals surface area (Å²) in [6.45, 7) is 4.73. The topological polar surface area (TPSA) is 64.1 Å². The molecule has 3 rings (SSSR count). The highest BCUT2D eigenvalue weighted by molar-refractivity contribution is 7.16. The van der Waals surface area contributed by atoms with Crippen molar-refractivity contribution in [3.63, 3.8) is 0 Å². The van der Waals surface area contributed by atoms with Crippen LogP contribution in [0.25, 0.3) is 22.4 Å². The van der Waals surface area contributed by atoms with Crippen LogP contribution in [0.2, 0.25) is 0 Å². The minimum Gasteiger partial charge on any atom is -0.395 e. The van der Waals surface area contributed by atoms with Gasteiger partial charge in [0.1, 0.15) is 5.82 Å². The van der Waals surface area contributed by atoms with Gasteiger partial charge in [-0.25, -0.2) is 4.98 Å². The average molecular weight is 287 g/mol. The quantitative estimate of drug-likeness (QED) is 0.778. The molecule has 0 saturated carbocycles. The van der Waals surface area contributed by atoms with Crippen LogP contribution in [0.4, 0.5) is 5.00 Å². The minimum atomic E-state index is 0.0788. The fourth-order valence-electron chi connectivity index (χ4n) is 2.52. The van der Waals surface area contributed by atoms with Crippen molar-refractivity contribution >= 4 is 27.4 Å². The number of thiophene rings is 1. The number of imidazole rings is 1. The van der Waals surface area contributed by atoms with Crippen LogP contribution in [0.15, 0.2) is 24.3 Å². The van der Waals surface area contributed by atoms with E-state index in [1.54, 1.807) is 11.3 Å². The van der Waals surface area contributed by atoms with Crippen LogP contribution in [-0.2, 0) is 6.54 Å². The highest BCUT2D eigenvalue weighted by Crippen LogP contribution is 2.38. The summed E-state index contributed by atoms with van der Waals surface area (Å²) in [4.78, 5) is 5.92. The lowest BCUT2D eigenvalue weighted by Crippen LogP contribution is -2.05. The van der Waals surface area contributed by atoms with E-state index in [-0.39, 0.29) is 6.61 Å². The number of aliphatic hydroxyl groups is 1. The molecule has 5 heteroatoms. The first-order chi connectivity index (χ1) is 9.63. The molecule has 0 aliphatic rings. The molecule has 3 aromatic rings. The average Bonchev–Trinajstić information content (AvgIpc) is 2.89. The number of nitrogens with two attached hydrogens (primary N) is 1. The van der Waals surface area contributed by atoms with E-state index in [1.807, 2.05) is 28.8 Å². The van der Waals surface area contributed by atoms with Crippen molar-refractivity contribution in [2.24, 2.45) is 0 Å². The van der Waals surface area contributed by atoms with Crippen LogP contribution in [0.1, 0.15) is 10.4 Å². The van der Waals surface area contributed by atoms with E-state index in [4.69, 9.17) is 10.7 Å². The van der Waals surface area contributed by atoms with Crippen molar-refractivity contribution < 1.29 is 5.11 Å². The molecule has 0 unspecified atom stereocenters. The Balaban J connectivity index is 2.32. The van der Waals surface area contributed by atoms with E-state index in [0.29, 0.717) is 6.54 Å². The van der Waals surface area contributed by atoms with E-state index in [9.17, 15) is 5.11 Å². The SMILES string of the molecule is Cc1sc(N)c(-c2nc3ccccc3n2CCO)c1C. The summed E-state index contributed by atoms with van der Waals surface area (Å²) < 4.78 is 2.04. The number of aliphatic hydroxyl groups excluding tert-OH is 1. The van der Waals surface area contributed by atoms with Gasteiger partial charge in [0, 0.05) is 11.4 Å². The number of aromatic nitrogens is 2. The van der Waals surface area contributed by atoms with Gasteiger partial charge in [0.05, 0.1) is 28.2 Å². The van der Waals surface area contributed by atoms with Gasteiger partial charge >= 0.3 is 0 Å². The first kappa shape index (κ1) is 13.1. The van der Waals surface area contributed by atoms with Crippen molar-refractivity contribution in [2.75, 3.05) is 12.3 Å². The lowest BCUT2D eigenvalue weighted by Gasteiger charge is -2.08. The summed E-state index contributed by atoms with van der Waals surface area (Å²) in [5.41, 5.74) is 10.3. The normalized spacial score (nSPS) is 11.3. The zero-order valence-corrected chi connectivity index (χ0v) is 12.4. The number of fused-ring (bicyclic) bond motifs is 1. The fraction of sp³-hybridized carbons (Fsp3) is 0.267. The number of hydrogen-bond donors (Lipinski definition) is 2. The number of nitrogens with zero attached hydrogens (tertiary/aromatic N) is 2. The molecule has 2 heterocycles. The van der Waals surface area contributed by atoms with E-state index < -0.39 is 0 Å². The molecule has 0 aliphatic carbocycles. The summed E-state index contributed by atoms with van der Waals surface area (Å²) in [7, 11) is 0. The van der Waals surface area contributed by atoms with Crippen molar-refractivity contribution in [1.29, 1.82) is 0 Å². The Kier molecular flexibility index (Phi) is 3.23. The third-order valence-electron chi connectivity index (χ3n) is 3.61. The number of para-hydroxylation sites is 2. The second kappa shape index (κ2) is 4.92. The Morgan fingerprint density at radius 3 is 2.70 bits per heavy atom. The minimum absolute atomic E-state index is 0.0788. The number of hydrogen-bond acceptors (Lipinski definition) is 4. The number of benzene rings is 1. The van der Waals surface area contributed by atoms with Gasteiger partial charge in [-0.15, -0.1) is 11.3 Å². The third kappa shape index (κ3) is 1.90. The van der Waals surface area contributed by atoms with E-state index in [1.165, 1.54) is 10.4 Å². The second-order valence-corrected chi connectivity index (χ2v) is 6.08. The smallest absolute Gasteiger partial charge is 0.144 e. The lowest BCUT2D eigenvalue weighted by molar-refractivity contribution is 0.278. The van der Waals surface area contributed by atoms with E-state index in [2.05, 4.69) is 13.8 Å². The van der Waals surface area contributed by atoms with Crippen LogP contribution in [-0.4, -0.2) is 21.3 Å². The van der Waals surface area contributed by atoms with Crippen molar-refractivity contribution in [2.45, 2.75) is 20.4 Å². The van der Waals surface area contributed by atoms with E-state index in [0.717, 1.165) is 27.4 Å². The molecule has 0 fully saturated rings. The third-order valence-corrected chi connectivity index (χ3v) is 4.65. The summed E-state index contributed by atoms with van der Waals surface area (Å²) >= 11 is 1.59. The number of anilines is 1. The number of aryl methyl sites for hydroxylation is 1. The predicted molar refractivity (Wildman–Crippen MR) is 84.0 cm³/mol. The molecule has 0 atom stereocenters. The van der Waals surface area contributed by atoms with Crippen LogP contribution < -0.4 is 5.73 Å². The molecule has 4 nitrogen and oxygen atoms in total. The van der Waals surface area contributed by atoms with Gasteiger partial charge in [0.25, 0.3) is 0 Å². The Hall–Kier alpha value is -1.85. The monoisotopic (exact) mass is 287 g/mol. The summed E-state index contributed by atoms with van der Waals surface area (Å²) in [5, 5.41) is 10.1. The Bertz CT molecular complexity index is 773. The van der Waals surface area contributed by atoms with Crippen LogP contribution in [0.3, 0.4) is 0 Å². The van der Waals surface area contributed by atoms with Gasteiger partial charge in [-0.1, -0.05) is 12.1 Å². The molecule has 0 spiro atoms. The van der Waals surface area contributed by atoms with Gasteiger partial charge in [0.15, 0.2) is 0 Å². The van der Waals surface area contributed by atoms with Crippen molar-refractivity contribution in [3.05, 3.63) is 34.7 Å². The molecule has 104 valence electrons. The van der Waals surface area contributed by atoms with Crippen LogP contribution >= 0.6 is 11.3 Å². The summed E-state index contributed by atoms with van der Waals surface area (Å²) in [6, 6.07) is 7.96. The zero-order chi connectivity index (χ0) is 14.3. The standard InChI is InChI=1S/C15H17N3OS/c1-9-10(2)20-14(16)13(9)15-17-11-5-3-4-6-12(11)18(15)7-8-19/h3-6,19H,7-8,16H2,1-2H3. The summed E-state index contributed by atoms with van der Waals surface area (Å²) in [5.74, 6) is 0.847. The molecule has 3 N–H and O–H groups in total. The first-order valence-corrected chi connectivity index (χ1v) is 7.37. The molecule has 20 heavy (non-hydrogen) atoms. The maximum Gasteiger partial charge on any atom is 0.144 e. The maximum atomic E-state index is 9.34. The largest absolute Gasteiger partial charge is 0.395 e. The first-order valence-electron chi connectivity index (χ1n) is 6.55. The maximum absolute atomic E-state index is 9.34. The fourth-order valence-corrected chi connectivity index (χ4v) is 3.46. The molecule has 0 saturated heterocycles. The van der Waals surface area contributed by atoms with Crippen LogP contribution in [0.5, 0.6) is 0 Å². The number of nitrogen functional groups attached to an aromatic ring is 1. The van der Waals surface area contributed by atoms with Gasteiger partial charge in [-0.3, -0.25) is 0 Å². The highest BCUT2D eigenvalue weighted by atomic mass is 32.1. The van der Waals surface area contributed by atoms with Gasteiger partial charge in [-0.2, -0.15) is 0 Å². The second-order valence-electron chi connectivity index (χ2n) is 4.82. The highest BCUT2D eigenvalue weighted by Gasteiger charge is 2.19. The molecule has 0 radical (unpaired) electrons.